The van der Waals surface area contributed by atoms with Gasteiger partial charge in [0.05, 0.1) is 43.5 Å². The minimum Gasteiger partial charge on any atom is -0.309 e. The van der Waals surface area contributed by atoms with E-state index in [2.05, 4.69) is 185 Å². The zero-order chi connectivity index (χ0) is 34.6. The molecule has 53 heavy (non-hydrogen) atoms. The van der Waals surface area contributed by atoms with E-state index in [1.807, 2.05) is 11.3 Å². The number of hydrogen-bond acceptors (Lipinski definition) is 2. The third-order valence-electron chi connectivity index (χ3n) is 11.1. The predicted molar refractivity (Wildman–Crippen MR) is 226 cm³/mol. The molecule has 0 N–H and O–H groups in total. The van der Waals surface area contributed by atoms with Gasteiger partial charge >= 0.3 is 0 Å². The van der Waals surface area contributed by atoms with Gasteiger partial charge in [-0.05, 0) is 88.6 Å². The maximum Gasteiger partial charge on any atom is 0.0917 e. The first-order valence-electron chi connectivity index (χ1n) is 18.0. The van der Waals surface area contributed by atoms with Crippen LogP contribution in [0.4, 0.5) is 0 Å². The van der Waals surface area contributed by atoms with E-state index >= 15 is 0 Å². The molecular formula is C49H29N3S. The molecule has 0 radical (unpaired) electrons. The van der Waals surface area contributed by atoms with Crippen LogP contribution in [0.5, 0.6) is 0 Å². The van der Waals surface area contributed by atoms with Crippen LogP contribution in [-0.2, 0) is 0 Å². The maximum absolute atomic E-state index is 5.23. The molecule has 8 aromatic carbocycles. The van der Waals surface area contributed by atoms with Gasteiger partial charge in [-0.2, -0.15) is 0 Å². The normalized spacial score (nSPS) is 12.2. The van der Waals surface area contributed by atoms with Crippen LogP contribution in [-0.4, -0.2) is 14.1 Å². The lowest BCUT2D eigenvalue weighted by molar-refractivity contribution is 1.18. The predicted octanol–water partition coefficient (Wildman–Crippen LogP) is 13.6. The Hall–Kier alpha value is -6.75. The average molecular weight is 692 g/mol. The van der Waals surface area contributed by atoms with Gasteiger partial charge in [0.1, 0.15) is 0 Å². The summed E-state index contributed by atoms with van der Waals surface area (Å²) in [6.07, 6.45) is 0. The van der Waals surface area contributed by atoms with Gasteiger partial charge in [-0.3, -0.25) is 0 Å². The van der Waals surface area contributed by atoms with Crippen LogP contribution in [0.2, 0.25) is 0 Å². The summed E-state index contributed by atoms with van der Waals surface area (Å²) < 4.78 is 7.36. The monoisotopic (exact) mass is 691 g/mol. The summed E-state index contributed by atoms with van der Waals surface area (Å²) in [5.41, 5.74) is 11.7. The van der Waals surface area contributed by atoms with E-state index in [0.29, 0.717) is 0 Å². The van der Waals surface area contributed by atoms with Gasteiger partial charge in [-0.25, -0.2) is 4.98 Å². The maximum atomic E-state index is 5.23. The van der Waals surface area contributed by atoms with Gasteiger partial charge in [0.25, 0.3) is 0 Å². The van der Waals surface area contributed by atoms with E-state index in [0.717, 1.165) is 16.4 Å². The molecule has 0 saturated carbocycles. The van der Waals surface area contributed by atoms with Gasteiger partial charge in [0.15, 0.2) is 0 Å². The number of aromatic nitrogens is 3. The largest absolute Gasteiger partial charge is 0.309 e. The lowest BCUT2D eigenvalue weighted by Crippen LogP contribution is -1.97. The number of fused-ring (bicyclic) bond motifs is 11. The number of hydrogen-bond donors (Lipinski definition) is 0. The molecule has 0 bridgehead atoms. The molecule has 0 atom stereocenters. The topological polar surface area (TPSA) is 22.8 Å². The van der Waals surface area contributed by atoms with Crippen LogP contribution in [0.3, 0.4) is 0 Å². The molecule has 4 aromatic heterocycles. The molecule has 4 heterocycles. The summed E-state index contributed by atoms with van der Waals surface area (Å²) in [5, 5.41) is 9.87. The van der Waals surface area contributed by atoms with Crippen molar-refractivity contribution in [3.8, 4) is 22.5 Å². The molecule has 246 valence electrons. The first-order chi connectivity index (χ1) is 26.3. The molecule has 0 aliphatic heterocycles. The molecule has 0 spiro atoms. The lowest BCUT2D eigenvalue weighted by atomic mass is 10.00. The van der Waals surface area contributed by atoms with Crippen molar-refractivity contribution in [1.29, 1.82) is 0 Å². The molecule has 0 fully saturated rings. The molecule has 0 unspecified atom stereocenters. The van der Waals surface area contributed by atoms with Gasteiger partial charge in [0, 0.05) is 42.7 Å². The van der Waals surface area contributed by atoms with E-state index in [-0.39, 0.29) is 0 Å². The molecule has 0 aliphatic rings. The quantitative estimate of drug-likeness (QED) is 0.181. The zero-order valence-corrected chi connectivity index (χ0v) is 29.3. The van der Waals surface area contributed by atoms with Crippen LogP contribution >= 0.6 is 11.3 Å². The van der Waals surface area contributed by atoms with Gasteiger partial charge in [-0.15, -0.1) is 11.3 Å². The fourth-order valence-corrected chi connectivity index (χ4v) is 9.86. The number of benzene rings is 8. The lowest BCUT2D eigenvalue weighted by Gasteiger charge is -2.13. The minimum absolute atomic E-state index is 1.01. The van der Waals surface area contributed by atoms with Crippen LogP contribution in [0.15, 0.2) is 176 Å². The van der Waals surface area contributed by atoms with E-state index in [4.69, 9.17) is 4.98 Å². The molecule has 12 rings (SSSR count). The first kappa shape index (κ1) is 28.9. The SMILES string of the molecule is c1ccc(-n2c3ccc(-c4ccc5c(c4)c4ccccc4n5-c4c5ccccc5nc5c4sc4ccccc45)cc3c3cc4ccccc4cc32)cc1. The Kier molecular flexibility index (Phi) is 5.93. The standard InChI is InChI=1S/C49H29N3S/c1-2-14-34(15-3-1)51-43-24-22-33(28-39(43)40-26-30-12-4-5-13-31(30)29-45(40)51)32-23-25-44-38(27-32)35-16-7-10-20-42(35)52(44)48-36-17-6-9-19-41(36)50-47-37-18-8-11-21-46(37)53-49(47)48/h1-29H. The second-order valence-electron chi connectivity index (χ2n) is 14.0. The fourth-order valence-electron chi connectivity index (χ4n) is 8.67. The van der Waals surface area contributed by atoms with Crippen molar-refractivity contribution in [2.75, 3.05) is 0 Å². The Morgan fingerprint density at radius 2 is 0.981 bits per heavy atom. The molecule has 0 aliphatic carbocycles. The highest BCUT2D eigenvalue weighted by atomic mass is 32.1. The van der Waals surface area contributed by atoms with Crippen LogP contribution in [0, 0.1) is 0 Å². The summed E-state index contributed by atoms with van der Waals surface area (Å²) in [6.45, 7) is 0. The third-order valence-corrected chi connectivity index (χ3v) is 12.2. The van der Waals surface area contributed by atoms with Crippen LogP contribution in [0.25, 0.3) is 108 Å². The van der Waals surface area contributed by atoms with Gasteiger partial charge < -0.3 is 9.13 Å². The number of para-hydroxylation sites is 3. The van der Waals surface area contributed by atoms with E-state index in [9.17, 15) is 0 Å². The fraction of sp³-hybridized carbons (Fsp3) is 0. The molecule has 4 heteroatoms. The van der Waals surface area contributed by atoms with Gasteiger partial charge in [0.2, 0.25) is 0 Å². The molecule has 3 nitrogen and oxygen atoms in total. The highest BCUT2D eigenvalue weighted by Crippen LogP contribution is 2.44. The van der Waals surface area contributed by atoms with Crippen molar-refractivity contribution in [3.05, 3.63) is 176 Å². The Morgan fingerprint density at radius 1 is 0.396 bits per heavy atom. The van der Waals surface area contributed by atoms with Crippen LogP contribution in [0.1, 0.15) is 0 Å². The smallest absolute Gasteiger partial charge is 0.0917 e. The molecular weight excluding hydrogens is 663 g/mol. The highest BCUT2D eigenvalue weighted by Gasteiger charge is 2.21. The summed E-state index contributed by atoms with van der Waals surface area (Å²) in [4.78, 5) is 5.23. The first-order valence-corrected chi connectivity index (χ1v) is 18.9. The average Bonchev–Trinajstić information content (AvgIpc) is 3.86. The number of pyridine rings is 1. The minimum atomic E-state index is 1.01. The molecule has 0 amide bonds. The Bertz CT molecular complexity index is 3460. The number of nitrogens with zero attached hydrogens (tertiary/aromatic N) is 3. The number of thiophene rings is 1. The second-order valence-corrected chi connectivity index (χ2v) is 15.0. The van der Waals surface area contributed by atoms with Crippen molar-refractivity contribution in [2.24, 2.45) is 0 Å². The number of rotatable bonds is 3. The van der Waals surface area contributed by atoms with Crippen molar-refractivity contribution < 1.29 is 0 Å². The Morgan fingerprint density at radius 3 is 1.79 bits per heavy atom. The summed E-state index contributed by atoms with van der Waals surface area (Å²) >= 11 is 1.84. The van der Waals surface area contributed by atoms with E-state index < -0.39 is 0 Å². The van der Waals surface area contributed by atoms with E-state index in [1.54, 1.807) is 0 Å². The Labute approximate surface area is 308 Å². The van der Waals surface area contributed by atoms with Crippen molar-refractivity contribution in [1.82, 2.24) is 14.1 Å². The van der Waals surface area contributed by atoms with Crippen molar-refractivity contribution in [3.63, 3.8) is 0 Å². The highest BCUT2D eigenvalue weighted by molar-refractivity contribution is 7.26. The van der Waals surface area contributed by atoms with E-state index in [1.165, 1.54) is 91.7 Å². The van der Waals surface area contributed by atoms with Crippen molar-refractivity contribution >= 4 is 96.9 Å². The summed E-state index contributed by atoms with van der Waals surface area (Å²) in [7, 11) is 0. The van der Waals surface area contributed by atoms with Gasteiger partial charge in [-0.1, -0.05) is 109 Å². The van der Waals surface area contributed by atoms with Crippen LogP contribution < -0.4 is 0 Å². The summed E-state index contributed by atoms with van der Waals surface area (Å²) in [6, 6.07) is 64.2. The Balaban J connectivity index is 1.12. The molecule has 0 saturated heterocycles. The second kappa shape index (κ2) is 10.9. The zero-order valence-electron chi connectivity index (χ0n) is 28.5. The summed E-state index contributed by atoms with van der Waals surface area (Å²) in [5.74, 6) is 0. The third kappa shape index (κ3) is 4.12. The molecule has 12 aromatic rings. The van der Waals surface area contributed by atoms with Crippen molar-refractivity contribution in [2.45, 2.75) is 0 Å².